The van der Waals surface area contributed by atoms with Crippen molar-refractivity contribution in [3.8, 4) is 11.5 Å². The molecule has 0 spiro atoms. The van der Waals surface area contributed by atoms with Crippen LogP contribution in [0, 0.1) is 0 Å². The Labute approximate surface area is 262 Å². The van der Waals surface area contributed by atoms with E-state index in [1.165, 1.54) is 34.6 Å². The van der Waals surface area contributed by atoms with Crippen LogP contribution < -0.4 is 14.4 Å². The van der Waals surface area contributed by atoms with Crippen LogP contribution in [0.25, 0.3) is 0 Å². The van der Waals surface area contributed by atoms with Crippen molar-refractivity contribution in [1.82, 2.24) is 4.31 Å². The van der Waals surface area contributed by atoms with Gasteiger partial charge < -0.3 is 14.4 Å². The zero-order chi connectivity index (χ0) is 31.6. The van der Waals surface area contributed by atoms with Crippen LogP contribution in [0.4, 0.5) is 5.69 Å². The van der Waals surface area contributed by atoms with Crippen LogP contribution in [0.2, 0.25) is 0 Å². The molecule has 0 amide bonds. The van der Waals surface area contributed by atoms with Crippen LogP contribution in [0.3, 0.4) is 0 Å². The average molecular weight is 646 g/mol. The third kappa shape index (κ3) is 6.35. The first kappa shape index (κ1) is 30.5. The number of hydrogen-bond donors (Lipinski definition) is 0. The number of amidine groups is 1. The molecule has 4 aromatic rings. The highest BCUT2D eigenvalue weighted by Gasteiger charge is 2.32. The lowest BCUT2D eigenvalue weighted by atomic mass is 10.1. The molecule has 2 heterocycles. The number of esters is 1. The van der Waals surface area contributed by atoms with E-state index in [1.807, 2.05) is 24.3 Å². The second-order valence-electron chi connectivity index (χ2n) is 10.7. The fraction of sp³-hybridized carbons (Fsp3) is 0.212. The van der Waals surface area contributed by atoms with Gasteiger partial charge in [-0.25, -0.2) is 13.2 Å². The summed E-state index contributed by atoms with van der Waals surface area (Å²) in [7, 11) is -5.90. The van der Waals surface area contributed by atoms with E-state index in [-0.39, 0.29) is 26.9 Å². The Hall–Kier alpha value is -4.52. The molecule has 2 aliphatic heterocycles. The molecular formula is C33H31N3O7S2. The van der Waals surface area contributed by atoms with Crippen LogP contribution in [0.15, 0.2) is 111 Å². The van der Waals surface area contributed by atoms with Gasteiger partial charge in [-0.3, -0.25) is 0 Å². The van der Waals surface area contributed by atoms with E-state index in [0.29, 0.717) is 36.6 Å². The summed E-state index contributed by atoms with van der Waals surface area (Å²) in [5.74, 6) is 0.603. The Kier molecular flexibility index (Phi) is 8.45. The third-order valence-electron chi connectivity index (χ3n) is 7.77. The molecule has 0 bridgehead atoms. The van der Waals surface area contributed by atoms with Crippen LogP contribution >= 0.6 is 0 Å². The van der Waals surface area contributed by atoms with Crippen LogP contribution in [-0.4, -0.2) is 53.1 Å². The molecule has 12 heteroatoms. The molecule has 0 saturated carbocycles. The minimum atomic E-state index is -3.87. The van der Waals surface area contributed by atoms with E-state index in [0.717, 1.165) is 24.8 Å². The number of hydrogen-bond acceptors (Lipinski definition) is 8. The number of benzene rings is 4. The largest absolute Gasteiger partial charge is 0.497 e. The maximum atomic E-state index is 12.9. The minimum Gasteiger partial charge on any atom is -0.497 e. The lowest BCUT2D eigenvalue weighted by Gasteiger charge is -2.25. The summed E-state index contributed by atoms with van der Waals surface area (Å²) in [5.41, 5.74) is 2.22. The molecule has 0 unspecified atom stereocenters. The van der Waals surface area contributed by atoms with Crippen LogP contribution in [0.5, 0.6) is 11.5 Å². The van der Waals surface area contributed by atoms with Crippen molar-refractivity contribution in [2.75, 3.05) is 25.1 Å². The smallest absolute Gasteiger partial charge is 0.343 e. The van der Waals surface area contributed by atoms with Gasteiger partial charge in [0, 0.05) is 30.9 Å². The lowest BCUT2D eigenvalue weighted by Crippen LogP contribution is -2.35. The Bertz CT molecular complexity index is 1950. The molecule has 10 nitrogen and oxygen atoms in total. The summed E-state index contributed by atoms with van der Waals surface area (Å²) in [6.45, 7) is 1.29. The van der Waals surface area contributed by atoms with Gasteiger partial charge in [0.25, 0.3) is 10.0 Å². The van der Waals surface area contributed by atoms with Crippen molar-refractivity contribution in [2.24, 2.45) is 4.40 Å². The van der Waals surface area contributed by atoms with E-state index in [9.17, 15) is 21.6 Å². The predicted molar refractivity (Wildman–Crippen MR) is 170 cm³/mol. The van der Waals surface area contributed by atoms with Crippen molar-refractivity contribution in [2.45, 2.75) is 35.6 Å². The van der Waals surface area contributed by atoms with Gasteiger partial charge in [0.1, 0.15) is 16.4 Å². The van der Waals surface area contributed by atoms with E-state index in [1.54, 1.807) is 54.5 Å². The Morgan fingerprint density at radius 1 is 0.844 bits per heavy atom. The second-order valence-corrected chi connectivity index (χ2v) is 14.2. The normalized spacial score (nSPS) is 16.0. The van der Waals surface area contributed by atoms with E-state index in [4.69, 9.17) is 9.47 Å². The lowest BCUT2D eigenvalue weighted by molar-refractivity contribution is 0.0734. The summed E-state index contributed by atoms with van der Waals surface area (Å²) in [6, 6.07) is 26.5. The number of carbonyl (C=O) groups is 1. The molecule has 45 heavy (non-hydrogen) atoms. The SMILES string of the molecule is COc1ccc(CN(C2=NS(=O)(=O)c3ccccc32)c2ccc(OC(=O)c3ccc(S(=O)(=O)N4CCCCC4)cc3)cc2)cc1. The van der Waals surface area contributed by atoms with Crippen LogP contribution in [0.1, 0.15) is 40.7 Å². The molecule has 4 aromatic carbocycles. The van der Waals surface area contributed by atoms with E-state index < -0.39 is 26.0 Å². The molecule has 0 radical (unpaired) electrons. The van der Waals surface area contributed by atoms with Gasteiger partial charge in [-0.05, 0) is 91.2 Å². The number of anilines is 1. The van der Waals surface area contributed by atoms with Gasteiger partial charge in [-0.1, -0.05) is 30.7 Å². The molecule has 0 atom stereocenters. The Morgan fingerprint density at radius 3 is 2.16 bits per heavy atom. The molecule has 2 aliphatic rings. The quantitative estimate of drug-likeness (QED) is 0.188. The van der Waals surface area contributed by atoms with Crippen molar-refractivity contribution in [3.05, 3.63) is 114 Å². The molecule has 1 saturated heterocycles. The molecule has 1 fully saturated rings. The molecule has 6 rings (SSSR count). The topological polar surface area (TPSA) is 123 Å². The first-order valence-corrected chi connectivity index (χ1v) is 17.3. The van der Waals surface area contributed by atoms with E-state index in [2.05, 4.69) is 4.40 Å². The zero-order valence-electron chi connectivity index (χ0n) is 24.5. The fourth-order valence-corrected chi connectivity index (χ4v) is 8.09. The molecule has 0 aromatic heterocycles. The number of ether oxygens (including phenoxy) is 2. The summed E-state index contributed by atoms with van der Waals surface area (Å²) >= 11 is 0. The monoisotopic (exact) mass is 645 g/mol. The highest BCUT2D eigenvalue weighted by Crippen LogP contribution is 2.32. The number of sulfonamides is 2. The fourth-order valence-electron chi connectivity index (χ4n) is 5.36. The molecule has 232 valence electrons. The average Bonchev–Trinajstić information content (AvgIpc) is 3.35. The summed E-state index contributed by atoms with van der Waals surface area (Å²) < 4.78 is 68.1. The third-order valence-corrected chi connectivity index (χ3v) is 11.0. The van der Waals surface area contributed by atoms with E-state index >= 15 is 0 Å². The first-order valence-electron chi connectivity index (χ1n) is 14.4. The minimum absolute atomic E-state index is 0.139. The van der Waals surface area contributed by atoms with Crippen molar-refractivity contribution >= 4 is 37.5 Å². The second kappa shape index (κ2) is 12.5. The van der Waals surface area contributed by atoms with Crippen molar-refractivity contribution < 1.29 is 31.1 Å². The number of piperidine rings is 1. The number of nitrogens with zero attached hydrogens (tertiary/aromatic N) is 3. The predicted octanol–water partition coefficient (Wildman–Crippen LogP) is 5.24. The number of rotatable bonds is 8. The van der Waals surface area contributed by atoms with Gasteiger partial charge in [0.15, 0.2) is 5.84 Å². The molecule has 0 N–H and O–H groups in total. The van der Waals surface area contributed by atoms with Gasteiger partial charge in [-0.15, -0.1) is 4.40 Å². The van der Waals surface area contributed by atoms with Crippen molar-refractivity contribution in [1.29, 1.82) is 0 Å². The number of methoxy groups -OCH3 is 1. The Balaban J connectivity index is 1.23. The maximum absolute atomic E-state index is 12.9. The standard InChI is InChI=1S/C33H31N3O7S2/c1-42-27-15-9-24(10-16-27)23-36(32-30-7-3-4-8-31(30)44(38,39)34-32)26-13-17-28(18-14-26)43-33(37)25-11-19-29(20-12-25)45(40,41)35-21-5-2-6-22-35/h3-4,7-20H,2,5-6,21-23H2,1H3. The Morgan fingerprint density at radius 2 is 1.49 bits per heavy atom. The van der Waals surface area contributed by atoms with Gasteiger partial charge in [0.05, 0.1) is 17.6 Å². The molecular weight excluding hydrogens is 615 g/mol. The van der Waals surface area contributed by atoms with Gasteiger partial charge in [-0.2, -0.15) is 12.7 Å². The van der Waals surface area contributed by atoms with Gasteiger partial charge in [0.2, 0.25) is 10.0 Å². The zero-order valence-corrected chi connectivity index (χ0v) is 26.1. The molecule has 0 aliphatic carbocycles. The highest BCUT2D eigenvalue weighted by molar-refractivity contribution is 7.90. The maximum Gasteiger partial charge on any atom is 0.343 e. The number of fused-ring (bicyclic) bond motifs is 1. The summed E-state index contributed by atoms with van der Waals surface area (Å²) in [6.07, 6.45) is 2.69. The van der Waals surface area contributed by atoms with Crippen LogP contribution in [-0.2, 0) is 26.6 Å². The summed E-state index contributed by atoms with van der Waals surface area (Å²) in [4.78, 5) is 15.0. The number of carbonyl (C=O) groups excluding carboxylic acids is 1. The van der Waals surface area contributed by atoms with Gasteiger partial charge >= 0.3 is 5.97 Å². The van der Waals surface area contributed by atoms with Crippen molar-refractivity contribution in [3.63, 3.8) is 0 Å². The first-order chi connectivity index (χ1) is 21.7. The summed E-state index contributed by atoms with van der Waals surface area (Å²) in [5, 5.41) is 0. The highest BCUT2D eigenvalue weighted by atomic mass is 32.2.